The summed E-state index contributed by atoms with van der Waals surface area (Å²) in [6.45, 7) is 2.37. The molecule has 2 aliphatic rings. The molecule has 1 aromatic carbocycles. The molecule has 2 heterocycles. The Morgan fingerprint density at radius 2 is 1.73 bits per heavy atom. The first-order chi connectivity index (χ1) is 12.5. The lowest BCUT2D eigenvalue weighted by Gasteiger charge is -2.24. The molecule has 3 rings (SSSR count). The van der Waals surface area contributed by atoms with Crippen molar-refractivity contribution in [3.05, 3.63) is 29.1 Å². The minimum absolute atomic E-state index is 0.00201. The van der Waals surface area contributed by atoms with Crippen LogP contribution in [0.2, 0.25) is 0 Å². The monoisotopic (exact) mass is 360 g/mol. The summed E-state index contributed by atoms with van der Waals surface area (Å²) in [7, 11) is 3.00. The second-order valence-corrected chi connectivity index (χ2v) is 6.24. The van der Waals surface area contributed by atoms with E-state index in [2.05, 4.69) is 11.8 Å². The van der Waals surface area contributed by atoms with Crippen molar-refractivity contribution in [1.82, 2.24) is 10.0 Å². The van der Waals surface area contributed by atoms with Crippen molar-refractivity contribution >= 4 is 11.8 Å². The van der Waals surface area contributed by atoms with Crippen molar-refractivity contribution in [3.8, 4) is 17.6 Å². The summed E-state index contributed by atoms with van der Waals surface area (Å²) in [6.07, 6.45) is 1.25. The highest BCUT2D eigenvalue weighted by Crippen LogP contribution is 2.38. The van der Waals surface area contributed by atoms with Crippen LogP contribution in [0.3, 0.4) is 0 Å². The van der Waals surface area contributed by atoms with Gasteiger partial charge in [0.25, 0.3) is 11.8 Å². The molecule has 2 fully saturated rings. The van der Waals surface area contributed by atoms with E-state index in [1.165, 1.54) is 23.2 Å². The maximum Gasteiger partial charge on any atom is 0.258 e. The Morgan fingerprint density at radius 3 is 2.23 bits per heavy atom. The second-order valence-electron chi connectivity index (χ2n) is 6.24. The number of methoxy groups -OCH3 is 2. The predicted molar refractivity (Wildman–Crippen MR) is 91.7 cm³/mol. The Hall–Kier alpha value is -2.59. The normalized spacial score (nSPS) is 18.5. The average molecular weight is 360 g/mol. The quantitative estimate of drug-likeness (QED) is 0.608. The third-order valence-electron chi connectivity index (χ3n) is 4.82. The molecule has 0 aromatic heterocycles. The summed E-state index contributed by atoms with van der Waals surface area (Å²) in [6, 6.07) is 2.78. The van der Waals surface area contributed by atoms with Crippen molar-refractivity contribution in [3.63, 3.8) is 0 Å². The number of amides is 2. The van der Waals surface area contributed by atoms with Crippen LogP contribution in [0.5, 0.6) is 5.75 Å². The zero-order valence-corrected chi connectivity index (χ0v) is 15.0. The van der Waals surface area contributed by atoms with Gasteiger partial charge in [-0.3, -0.25) is 19.6 Å². The van der Waals surface area contributed by atoms with Crippen LogP contribution in [-0.4, -0.2) is 55.2 Å². The predicted octanol–water partition coefficient (Wildman–Crippen LogP) is 1.68. The van der Waals surface area contributed by atoms with E-state index in [-0.39, 0.29) is 17.4 Å². The lowest BCUT2D eigenvalue weighted by Crippen LogP contribution is -2.40. The van der Waals surface area contributed by atoms with Crippen molar-refractivity contribution in [2.75, 3.05) is 27.3 Å². The molecule has 2 amide bonds. The van der Waals surface area contributed by atoms with E-state index in [4.69, 9.17) is 9.47 Å². The van der Waals surface area contributed by atoms with Gasteiger partial charge in [-0.05, 0) is 31.9 Å². The largest absolute Gasteiger partial charge is 0.496 e. The van der Waals surface area contributed by atoms with Gasteiger partial charge in [-0.25, -0.2) is 4.39 Å². The molecule has 0 unspecified atom stereocenters. The third kappa shape index (κ3) is 3.01. The van der Waals surface area contributed by atoms with Gasteiger partial charge in [-0.1, -0.05) is 5.92 Å². The van der Waals surface area contributed by atoms with E-state index in [9.17, 15) is 14.0 Å². The van der Waals surface area contributed by atoms with Crippen molar-refractivity contribution in [2.24, 2.45) is 0 Å². The van der Waals surface area contributed by atoms with Crippen LogP contribution in [0.4, 0.5) is 4.39 Å². The Morgan fingerprint density at radius 1 is 1.12 bits per heavy atom. The maximum absolute atomic E-state index is 14.8. The molecule has 0 saturated carbocycles. The van der Waals surface area contributed by atoms with E-state index in [1.807, 2.05) is 0 Å². The molecule has 7 heteroatoms. The fourth-order valence-corrected chi connectivity index (χ4v) is 3.52. The van der Waals surface area contributed by atoms with E-state index < -0.39 is 23.5 Å². The first-order valence-electron chi connectivity index (χ1n) is 8.47. The number of ether oxygens (including phenoxy) is 2. The molecule has 0 radical (unpaired) electrons. The summed E-state index contributed by atoms with van der Waals surface area (Å²) < 4.78 is 25.4. The highest BCUT2D eigenvalue weighted by molar-refractivity contribution is 6.10. The number of hydrogen-bond donors (Lipinski definition) is 0. The van der Waals surface area contributed by atoms with E-state index in [0.29, 0.717) is 31.5 Å². The molecular weight excluding hydrogens is 339 g/mol. The molecule has 2 saturated heterocycles. The SMILES string of the molecule is CC#Cc1cc(F)c(C2C(=O)N3CCC(OC)CCN3C2=O)c(OC)c1. The van der Waals surface area contributed by atoms with Crippen LogP contribution in [0, 0.1) is 17.7 Å². The van der Waals surface area contributed by atoms with E-state index in [0.717, 1.165) is 0 Å². The molecule has 138 valence electrons. The van der Waals surface area contributed by atoms with Crippen LogP contribution in [-0.2, 0) is 14.3 Å². The van der Waals surface area contributed by atoms with Gasteiger partial charge >= 0.3 is 0 Å². The zero-order valence-electron chi connectivity index (χ0n) is 15.0. The first-order valence-corrected chi connectivity index (χ1v) is 8.47. The number of halogens is 1. The van der Waals surface area contributed by atoms with Gasteiger partial charge in [-0.15, -0.1) is 5.92 Å². The van der Waals surface area contributed by atoms with Crippen LogP contribution in [0.25, 0.3) is 0 Å². The standard InChI is InChI=1S/C19H21FN2O4/c1-4-5-12-10-14(20)16(15(11-12)26-3)17-18(23)21-8-6-13(25-2)7-9-22(21)19(17)24/h10-11,13,17H,6-9H2,1-3H3. The third-order valence-corrected chi connectivity index (χ3v) is 4.82. The average Bonchev–Trinajstić information content (AvgIpc) is 2.79. The smallest absolute Gasteiger partial charge is 0.258 e. The summed E-state index contributed by atoms with van der Waals surface area (Å²) in [5, 5.41) is 2.81. The first kappa shape index (κ1) is 18.2. The van der Waals surface area contributed by atoms with Gasteiger partial charge in [0.1, 0.15) is 11.6 Å². The minimum atomic E-state index is -1.23. The minimum Gasteiger partial charge on any atom is -0.496 e. The number of carbonyl (C=O) groups is 2. The molecular formula is C19H21FN2O4. The lowest BCUT2D eigenvalue weighted by molar-refractivity contribution is -0.145. The molecule has 1 aromatic rings. The summed E-state index contributed by atoms with van der Waals surface area (Å²) in [5.41, 5.74) is 0.404. The molecule has 0 N–H and O–H groups in total. The Kier molecular flexibility index (Phi) is 5.14. The maximum atomic E-state index is 14.8. The number of benzene rings is 1. The molecule has 0 spiro atoms. The fraction of sp³-hybridized carbons (Fsp3) is 0.474. The number of carbonyl (C=O) groups excluding carboxylic acids is 2. The van der Waals surface area contributed by atoms with Crippen molar-refractivity contribution < 1.29 is 23.5 Å². The number of hydrazine groups is 1. The van der Waals surface area contributed by atoms with Gasteiger partial charge in [0, 0.05) is 25.8 Å². The van der Waals surface area contributed by atoms with Gasteiger partial charge in [0.15, 0.2) is 5.92 Å². The van der Waals surface area contributed by atoms with Crippen LogP contribution in [0.1, 0.15) is 36.8 Å². The Bertz CT molecular complexity index is 773. The molecule has 0 atom stereocenters. The highest BCUT2D eigenvalue weighted by Gasteiger charge is 2.49. The zero-order chi connectivity index (χ0) is 18.8. The van der Waals surface area contributed by atoms with Crippen LogP contribution in [0.15, 0.2) is 12.1 Å². The Labute approximate surface area is 151 Å². The van der Waals surface area contributed by atoms with Gasteiger partial charge in [0.2, 0.25) is 0 Å². The topological polar surface area (TPSA) is 59.1 Å². The molecule has 2 aliphatic heterocycles. The van der Waals surface area contributed by atoms with Gasteiger partial charge < -0.3 is 9.47 Å². The van der Waals surface area contributed by atoms with Crippen LogP contribution >= 0.6 is 0 Å². The van der Waals surface area contributed by atoms with Gasteiger partial charge in [-0.2, -0.15) is 0 Å². The summed E-state index contributed by atoms with van der Waals surface area (Å²) in [5.74, 6) is 2.85. The van der Waals surface area contributed by atoms with Gasteiger partial charge in [0.05, 0.1) is 18.8 Å². The van der Waals surface area contributed by atoms with Crippen LogP contribution < -0.4 is 4.74 Å². The molecule has 0 aliphatic carbocycles. The van der Waals surface area contributed by atoms with E-state index >= 15 is 0 Å². The summed E-state index contributed by atoms with van der Waals surface area (Å²) >= 11 is 0. The highest BCUT2D eigenvalue weighted by atomic mass is 19.1. The summed E-state index contributed by atoms with van der Waals surface area (Å²) in [4.78, 5) is 25.8. The lowest BCUT2D eigenvalue weighted by atomic mass is 9.95. The Balaban J connectivity index is 1.99. The number of rotatable bonds is 3. The second kappa shape index (κ2) is 7.34. The number of fused-ring (bicyclic) bond motifs is 1. The molecule has 0 bridgehead atoms. The molecule has 6 nitrogen and oxygen atoms in total. The number of hydrogen-bond acceptors (Lipinski definition) is 4. The van der Waals surface area contributed by atoms with Crippen molar-refractivity contribution in [2.45, 2.75) is 31.8 Å². The molecule has 26 heavy (non-hydrogen) atoms. The fourth-order valence-electron chi connectivity index (χ4n) is 3.52. The van der Waals surface area contributed by atoms with E-state index in [1.54, 1.807) is 20.1 Å². The number of nitrogens with zero attached hydrogens (tertiary/aromatic N) is 2. The van der Waals surface area contributed by atoms with Crippen molar-refractivity contribution in [1.29, 1.82) is 0 Å².